The minimum Gasteiger partial charge on any atom is -0.484 e. The van der Waals surface area contributed by atoms with Gasteiger partial charge in [-0.15, -0.1) is 0 Å². The molecule has 1 heterocycles. The van der Waals surface area contributed by atoms with Crippen LogP contribution in [0.15, 0.2) is 60.7 Å². The highest BCUT2D eigenvalue weighted by Gasteiger charge is 2.23. The average Bonchev–Trinajstić information content (AvgIpc) is 3.26. The van der Waals surface area contributed by atoms with Crippen molar-refractivity contribution in [1.29, 1.82) is 0 Å². The minimum atomic E-state index is -0.293. The molecule has 0 aliphatic carbocycles. The summed E-state index contributed by atoms with van der Waals surface area (Å²) in [6.07, 6.45) is 1.69. The van der Waals surface area contributed by atoms with Crippen LogP contribution >= 0.6 is 11.6 Å². The third-order valence-electron chi connectivity index (χ3n) is 5.39. The maximum atomic E-state index is 13.0. The molecule has 0 aliphatic heterocycles. The van der Waals surface area contributed by atoms with Crippen molar-refractivity contribution in [2.24, 2.45) is 0 Å². The van der Waals surface area contributed by atoms with E-state index in [-0.39, 0.29) is 30.4 Å². The molecule has 1 aromatic heterocycles. The van der Waals surface area contributed by atoms with Gasteiger partial charge in [0.1, 0.15) is 18.1 Å². The summed E-state index contributed by atoms with van der Waals surface area (Å²) in [6.45, 7) is 8.49. The predicted molar refractivity (Wildman–Crippen MR) is 139 cm³/mol. The largest absolute Gasteiger partial charge is 0.484 e. The van der Waals surface area contributed by atoms with E-state index in [2.05, 4.69) is 26.1 Å². The number of aromatic nitrogens is 2. The molecule has 0 radical (unpaired) electrons. The summed E-state index contributed by atoms with van der Waals surface area (Å²) in [7, 11) is 0. The Kier molecular flexibility index (Phi) is 8.93. The number of unbranched alkanes of at least 4 members (excludes halogenated alkanes) is 1. The number of hydrogen-bond acceptors (Lipinski definition) is 4. The fourth-order valence-electron chi connectivity index (χ4n) is 3.37. The highest BCUT2D eigenvalue weighted by Crippen LogP contribution is 2.26. The van der Waals surface area contributed by atoms with Gasteiger partial charge in [0.2, 0.25) is 5.91 Å². The molecule has 0 atom stereocenters. The summed E-state index contributed by atoms with van der Waals surface area (Å²) in [5, 5.41) is 8.28. The fourth-order valence-corrected chi connectivity index (χ4v) is 3.49. The molecule has 1 N–H and O–H groups in total. The number of rotatable bonds is 10. The maximum Gasteiger partial charge on any atom is 0.260 e. The van der Waals surface area contributed by atoms with Crippen LogP contribution < -0.4 is 10.1 Å². The van der Waals surface area contributed by atoms with Gasteiger partial charge in [0, 0.05) is 23.0 Å². The Bertz CT molecular complexity index is 1120. The van der Waals surface area contributed by atoms with E-state index in [0.29, 0.717) is 23.1 Å². The first-order chi connectivity index (χ1) is 16.7. The van der Waals surface area contributed by atoms with Gasteiger partial charge in [-0.25, -0.2) is 4.68 Å². The smallest absolute Gasteiger partial charge is 0.260 e. The van der Waals surface area contributed by atoms with Crippen molar-refractivity contribution < 1.29 is 14.3 Å². The Hall–Kier alpha value is -3.32. The van der Waals surface area contributed by atoms with Crippen molar-refractivity contribution in [3.63, 3.8) is 0 Å². The predicted octanol–water partition coefficient (Wildman–Crippen LogP) is 5.47. The SMILES string of the molecule is CCCCN(CC(=O)Nc1cc(C(C)(C)C)nn1-c1ccccc1)C(=O)COc1ccc(Cl)cc1. The van der Waals surface area contributed by atoms with Crippen LogP contribution in [0.1, 0.15) is 46.2 Å². The Morgan fingerprint density at radius 2 is 1.77 bits per heavy atom. The number of halogens is 1. The zero-order valence-electron chi connectivity index (χ0n) is 20.8. The van der Waals surface area contributed by atoms with Crippen molar-refractivity contribution in [2.45, 2.75) is 46.0 Å². The van der Waals surface area contributed by atoms with Crippen LogP contribution in [0.2, 0.25) is 5.02 Å². The van der Waals surface area contributed by atoms with Crippen LogP contribution in [0, 0.1) is 0 Å². The van der Waals surface area contributed by atoms with Crippen molar-refractivity contribution in [3.05, 3.63) is 71.4 Å². The van der Waals surface area contributed by atoms with Gasteiger partial charge in [-0.05, 0) is 42.8 Å². The second kappa shape index (κ2) is 11.9. The van der Waals surface area contributed by atoms with E-state index < -0.39 is 0 Å². The zero-order chi connectivity index (χ0) is 25.4. The first-order valence-corrected chi connectivity index (χ1v) is 12.2. The van der Waals surface area contributed by atoms with E-state index in [1.807, 2.05) is 43.3 Å². The van der Waals surface area contributed by atoms with Crippen LogP contribution in [0.5, 0.6) is 5.75 Å². The first-order valence-electron chi connectivity index (χ1n) is 11.8. The van der Waals surface area contributed by atoms with Crippen molar-refractivity contribution in [1.82, 2.24) is 14.7 Å². The monoisotopic (exact) mass is 496 g/mol. The second-order valence-electron chi connectivity index (χ2n) is 9.37. The summed E-state index contributed by atoms with van der Waals surface area (Å²) in [4.78, 5) is 27.5. The number of hydrogen-bond donors (Lipinski definition) is 1. The highest BCUT2D eigenvalue weighted by molar-refractivity contribution is 6.30. The van der Waals surface area contributed by atoms with Crippen molar-refractivity contribution in [2.75, 3.05) is 25.0 Å². The van der Waals surface area contributed by atoms with E-state index in [0.717, 1.165) is 24.2 Å². The van der Waals surface area contributed by atoms with E-state index in [1.54, 1.807) is 28.9 Å². The van der Waals surface area contributed by atoms with Crippen LogP contribution in [0.4, 0.5) is 5.82 Å². The van der Waals surface area contributed by atoms with Gasteiger partial charge in [0.25, 0.3) is 5.91 Å². The number of carbonyl (C=O) groups excluding carboxylic acids is 2. The number of anilines is 1. The zero-order valence-corrected chi connectivity index (χ0v) is 21.5. The molecule has 35 heavy (non-hydrogen) atoms. The van der Waals surface area contributed by atoms with Crippen LogP contribution in [-0.2, 0) is 15.0 Å². The number of amides is 2. The normalized spacial score (nSPS) is 11.2. The van der Waals surface area contributed by atoms with Crippen LogP contribution in [0.25, 0.3) is 5.69 Å². The molecule has 7 nitrogen and oxygen atoms in total. The number of benzene rings is 2. The van der Waals surface area contributed by atoms with E-state index in [1.165, 1.54) is 4.90 Å². The number of para-hydroxylation sites is 1. The highest BCUT2D eigenvalue weighted by atomic mass is 35.5. The van der Waals surface area contributed by atoms with Crippen LogP contribution in [-0.4, -0.2) is 46.2 Å². The van der Waals surface area contributed by atoms with Gasteiger partial charge in [0.05, 0.1) is 11.4 Å². The van der Waals surface area contributed by atoms with Crippen LogP contribution in [0.3, 0.4) is 0 Å². The van der Waals surface area contributed by atoms with Gasteiger partial charge < -0.3 is 15.0 Å². The molecular weight excluding hydrogens is 464 g/mol. The number of ether oxygens (including phenoxy) is 1. The third-order valence-corrected chi connectivity index (χ3v) is 5.64. The second-order valence-corrected chi connectivity index (χ2v) is 9.81. The summed E-state index contributed by atoms with van der Waals surface area (Å²) in [5.74, 6) is 0.560. The summed E-state index contributed by atoms with van der Waals surface area (Å²) in [6, 6.07) is 18.3. The lowest BCUT2D eigenvalue weighted by molar-refractivity contribution is -0.136. The summed E-state index contributed by atoms with van der Waals surface area (Å²) < 4.78 is 7.33. The average molecular weight is 497 g/mol. The number of nitrogens with zero attached hydrogens (tertiary/aromatic N) is 3. The Labute approximate surface area is 212 Å². The molecule has 0 saturated heterocycles. The van der Waals surface area contributed by atoms with E-state index in [4.69, 9.17) is 21.4 Å². The topological polar surface area (TPSA) is 76.5 Å². The molecule has 8 heteroatoms. The molecule has 0 saturated carbocycles. The van der Waals surface area contributed by atoms with E-state index in [9.17, 15) is 9.59 Å². The van der Waals surface area contributed by atoms with Gasteiger partial charge in [-0.2, -0.15) is 5.10 Å². The fraction of sp³-hybridized carbons (Fsp3) is 0.370. The van der Waals surface area contributed by atoms with Gasteiger partial charge in [0.15, 0.2) is 6.61 Å². The summed E-state index contributed by atoms with van der Waals surface area (Å²) >= 11 is 5.90. The molecule has 3 rings (SSSR count). The molecular formula is C27H33ClN4O3. The Morgan fingerprint density at radius 3 is 2.40 bits per heavy atom. The summed E-state index contributed by atoms with van der Waals surface area (Å²) in [5.41, 5.74) is 1.50. The van der Waals surface area contributed by atoms with Gasteiger partial charge >= 0.3 is 0 Å². The first kappa shape index (κ1) is 26.3. The minimum absolute atomic E-state index is 0.0758. The third kappa shape index (κ3) is 7.59. The molecule has 0 fully saturated rings. The maximum absolute atomic E-state index is 13.0. The lowest BCUT2D eigenvalue weighted by Crippen LogP contribution is -2.41. The molecule has 2 amide bonds. The Morgan fingerprint density at radius 1 is 1.09 bits per heavy atom. The lowest BCUT2D eigenvalue weighted by atomic mass is 9.92. The molecule has 0 unspecified atom stereocenters. The molecule has 0 aliphatic rings. The molecule has 186 valence electrons. The number of carbonyl (C=O) groups is 2. The number of nitrogens with one attached hydrogen (secondary N) is 1. The van der Waals surface area contributed by atoms with Crippen molar-refractivity contribution >= 4 is 29.2 Å². The molecule has 2 aromatic carbocycles. The lowest BCUT2D eigenvalue weighted by Gasteiger charge is -2.22. The standard InChI is InChI=1S/C27H33ClN4O3/c1-5-6-16-31(26(34)19-35-22-14-12-20(28)13-15-22)18-25(33)29-24-17-23(27(2,3)4)30-32(24)21-10-8-7-9-11-21/h7-15,17H,5-6,16,18-19H2,1-4H3,(H,29,33). The molecule has 0 bridgehead atoms. The molecule has 0 spiro atoms. The van der Waals surface area contributed by atoms with Gasteiger partial charge in [-0.1, -0.05) is 63.9 Å². The van der Waals surface area contributed by atoms with E-state index >= 15 is 0 Å². The Balaban J connectivity index is 1.72. The van der Waals surface area contributed by atoms with Crippen molar-refractivity contribution in [3.8, 4) is 11.4 Å². The quantitative estimate of drug-likeness (QED) is 0.404. The van der Waals surface area contributed by atoms with Gasteiger partial charge in [-0.3, -0.25) is 9.59 Å². The molecule has 3 aromatic rings.